The second-order valence-corrected chi connectivity index (χ2v) is 5.54. The Hall–Kier alpha value is -1.35. The molecule has 0 aromatic heterocycles. The number of likely N-dealkylation sites (tertiary alicyclic amines) is 1. The van der Waals surface area contributed by atoms with E-state index in [-0.39, 0.29) is 12.0 Å². The van der Waals surface area contributed by atoms with Gasteiger partial charge in [0.05, 0.1) is 7.11 Å². The minimum atomic E-state index is -0.0629. The van der Waals surface area contributed by atoms with Gasteiger partial charge < -0.3 is 4.74 Å². The maximum Gasteiger partial charge on any atom is 0.323 e. The minimum absolute atomic E-state index is 0.0127. The molecule has 1 saturated heterocycles. The van der Waals surface area contributed by atoms with Gasteiger partial charge in [-0.05, 0) is 30.7 Å². The molecular weight excluding hydrogens is 226 g/mol. The van der Waals surface area contributed by atoms with Crippen molar-refractivity contribution in [3.63, 3.8) is 0 Å². The molecule has 96 valence electrons. The van der Waals surface area contributed by atoms with E-state index in [2.05, 4.69) is 36.1 Å². The van der Waals surface area contributed by atoms with Crippen LogP contribution in [-0.4, -0.2) is 30.6 Å². The Bertz CT molecular complexity index is 454. The zero-order valence-corrected chi connectivity index (χ0v) is 10.9. The van der Waals surface area contributed by atoms with Crippen LogP contribution in [0.25, 0.3) is 0 Å². The average Bonchev–Trinajstić information content (AvgIpc) is 3.03. The summed E-state index contributed by atoms with van der Waals surface area (Å²) in [5, 5.41) is 0. The Morgan fingerprint density at radius 2 is 2.11 bits per heavy atom. The fraction of sp³-hybridized carbons (Fsp3) is 0.533. The zero-order valence-electron chi connectivity index (χ0n) is 10.9. The smallest absolute Gasteiger partial charge is 0.323 e. The van der Waals surface area contributed by atoms with E-state index in [1.54, 1.807) is 0 Å². The van der Waals surface area contributed by atoms with Crippen molar-refractivity contribution in [1.29, 1.82) is 0 Å². The summed E-state index contributed by atoms with van der Waals surface area (Å²) in [7, 11) is 1.49. The molecule has 0 amide bonds. The van der Waals surface area contributed by atoms with Gasteiger partial charge in [0.15, 0.2) is 0 Å². The predicted molar refractivity (Wildman–Crippen MR) is 69.0 cm³/mol. The number of esters is 1. The van der Waals surface area contributed by atoms with Crippen LogP contribution < -0.4 is 0 Å². The van der Waals surface area contributed by atoms with Crippen LogP contribution in [0.1, 0.15) is 17.5 Å². The van der Waals surface area contributed by atoms with E-state index in [0.29, 0.717) is 5.92 Å². The van der Waals surface area contributed by atoms with Gasteiger partial charge >= 0.3 is 5.97 Å². The molecule has 1 saturated carbocycles. The number of methoxy groups -OCH3 is 1. The summed E-state index contributed by atoms with van der Waals surface area (Å²) >= 11 is 0. The molecule has 0 N–H and O–H groups in total. The third-order valence-electron chi connectivity index (χ3n) is 4.19. The number of fused-ring (bicyclic) bond motifs is 1. The first-order chi connectivity index (χ1) is 8.69. The van der Waals surface area contributed by atoms with Crippen molar-refractivity contribution < 1.29 is 9.53 Å². The quantitative estimate of drug-likeness (QED) is 0.763. The molecule has 2 aliphatic rings. The lowest BCUT2D eigenvalue weighted by atomic mass is 10.1. The maximum absolute atomic E-state index is 11.8. The van der Waals surface area contributed by atoms with E-state index in [4.69, 9.17) is 4.74 Å². The molecule has 0 bridgehead atoms. The molecule has 3 atom stereocenters. The van der Waals surface area contributed by atoms with Crippen LogP contribution in [0.3, 0.4) is 0 Å². The largest absolute Gasteiger partial charge is 0.468 e. The number of benzene rings is 1. The van der Waals surface area contributed by atoms with Crippen molar-refractivity contribution in [2.45, 2.75) is 25.9 Å². The number of rotatable bonds is 3. The Labute approximate surface area is 108 Å². The first kappa shape index (κ1) is 11.7. The first-order valence-corrected chi connectivity index (χ1v) is 6.56. The Morgan fingerprint density at radius 1 is 1.39 bits per heavy atom. The number of carbonyl (C=O) groups excluding carboxylic acids is 1. The maximum atomic E-state index is 11.8. The molecule has 1 heterocycles. The molecule has 3 heteroatoms. The van der Waals surface area contributed by atoms with Crippen LogP contribution in [-0.2, 0) is 16.1 Å². The lowest BCUT2D eigenvalue weighted by Gasteiger charge is -2.25. The molecule has 3 nitrogen and oxygen atoms in total. The highest BCUT2D eigenvalue weighted by molar-refractivity contribution is 5.77. The Kier molecular flexibility index (Phi) is 2.86. The monoisotopic (exact) mass is 245 g/mol. The lowest BCUT2D eigenvalue weighted by molar-refractivity contribution is -0.147. The van der Waals surface area contributed by atoms with Crippen molar-refractivity contribution in [3.05, 3.63) is 35.4 Å². The molecule has 3 rings (SSSR count). The topological polar surface area (TPSA) is 29.5 Å². The molecule has 18 heavy (non-hydrogen) atoms. The summed E-state index contributed by atoms with van der Waals surface area (Å²) in [5.41, 5.74) is 2.54. The van der Waals surface area contributed by atoms with Gasteiger partial charge in [-0.25, -0.2) is 0 Å². The third-order valence-corrected chi connectivity index (χ3v) is 4.19. The molecule has 1 aromatic rings. The predicted octanol–water partition coefficient (Wildman–Crippen LogP) is 1.99. The molecule has 2 fully saturated rings. The van der Waals surface area contributed by atoms with E-state index in [0.717, 1.165) is 19.0 Å². The van der Waals surface area contributed by atoms with Gasteiger partial charge in [-0.3, -0.25) is 9.69 Å². The van der Waals surface area contributed by atoms with Crippen molar-refractivity contribution in [2.24, 2.45) is 11.8 Å². The molecule has 0 radical (unpaired) electrons. The zero-order chi connectivity index (χ0) is 12.7. The summed E-state index contributed by atoms with van der Waals surface area (Å²) in [6.07, 6.45) is 1.20. The lowest BCUT2D eigenvalue weighted by Crippen LogP contribution is -2.39. The number of hydrogen-bond acceptors (Lipinski definition) is 3. The Balaban J connectivity index is 1.72. The second kappa shape index (κ2) is 4.39. The summed E-state index contributed by atoms with van der Waals surface area (Å²) < 4.78 is 4.94. The van der Waals surface area contributed by atoms with Gasteiger partial charge in [0, 0.05) is 13.1 Å². The SMILES string of the molecule is COC(=O)C1C2CC2CN1Cc1ccc(C)cc1. The number of ether oxygens (including phenoxy) is 1. The van der Waals surface area contributed by atoms with Crippen molar-refractivity contribution >= 4 is 5.97 Å². The van der Waals surface area contributed by atoms with E-state index in [1.807, 2.05) is 0 Å². The normalized spacial score (nSPS) is 30.0. The van der Waals surface area contributed by atoms with Gasteiger partial charge in [-0.15, -0.1) is 0 Å². The van der Waals surface area contributed by atoms with Crippen LogP contribution >= 0.6 is 0 Å². The van der Waals surface area contributed by atoms with E-state index >= 15 is 0 Å². The van der Waals surface area contributed by atoms with E-state index in [1.165, 1.54) is 24.7 Å². The molecule has 1 aromatic carbocycles. The third kappa shape index (κ3) is 2.03. The van der Waals surface area contributed by atoms with Crippen LogP contribution in [0.4, 0.5) is 0 Å². The molecular formula is C15H19NO2. The number of nitrogens with zero attached hydrogens (tertiary/aromatic N) is 1. The summed E-state index contributed by atoms with van der Waals surface area (Å²) in [6, 6.07) is 8.53. The molecule has 0 spiro atoms. The van der Waals surface area contributed by atoms with Crippen molar-refractivity contribution in [3.8, 4) is 0 Å². The Morgan fingerprint density at radius 3 is 2.78 bits per heavy atom. The highest BCUT2D eigenvalue weighted by Gasteiger charge is 2.55. The number of aryl methyl sites for hydroxylation is 1. The van der Waals surface area contributed by atoms with Gasteiger partial charge in [0.25, 0.3) is 0 Å². The number of hydrogen-bond donors (Lipinski definition) is 0. The first-order valence-electron chi connectivity index (χ1n) is 6.56. The van der Waals surface area contributed by atoms with E-state index in [9.17, 15) is 4.79 Å². The van der Waals surface area contributed by atoms with Crippen molar-refractivity contribution in [1.82, 2.24) is 4.90 Å². The van der Waals surface area contributed by atoms with Crippen molar-refractivity contribution in [2.75, 3.05) is 13.7 Å². The number of piperidine rings is 1. The highest BCUT2D eigenvalue weighted by atomic mass is 16.5. The van der Waals surface area contributed by atoms with Crippen LogP contribution in [0, 0.1) is 18.8 Å². The van der Waals surface area contributed by atoms with Crippen LogP contribution in [0.2, 0.25) is 0 Å². The van der Waals surface area contributed by atoms with Gasteiger partial charge in [-0.1, -0.05) is 29.8 Å². The van der Waals surface area contributed by atoms with Gasteiger partial charge in [0.1, 0.15) is 6.04 Å². The van der Waals surface area contributed by atoms with Gasteiger partial charge in [-0.2, -0.15) is 0 Å². The summed E-state index contributed by atoms with van der Waals surface area (Å²) in [5.74, 6) is 1.20. The van der Waals surface area contributed by atoms with Crippen LogP contribution in [0.5, 0.6) is 0 Å². The fourth-order valence-corrected chi connectivity index (χ4v) is 3.09. The second-order valence-electron chi connectivity index (χ2n) is 5.54. The van der Waals surface area contributed by atoms with Gasteiger partial charge in [0.2, 0.25) is 0 Å². The molecule has 1 aliphatic carbocycles. The molecule has 3 unspecified atom stereocenters. The summed E-state index contributed by atoms with van der Waals surface area (Å²) in [4.78, 5) is 14.1. The number of carbonyl (C=O) groups is 1. The fourth-order valence-electron chi connectivity index (χ4n) is 3.09. The highest BCUT2D eigenvalue weighted by Crippen LogP contribution is 2.50. The molecule has 1 aliphatic heterocycles. The standard InChI is InChI=1S/C15H19NO2/c1-10-3-5-11(6-4-10)8-16-9-12-7-13(12)14(16)15(17)18-2/h3-6,12-14H,7-9H2,1-2H3. The van der Waals surface area contributed by atoms with Crippen LogP contribution in [0.15, 0.2) is 24.3 Å². The summed E-state index contributed by atoms with van der Waals surface area (Å²) in [6.45, 7) is 3.98. The minimum Gasteiger partial charge on any atom is -0.468 e. The van der Waals surface area contributed by atoms with E-state index < -0.39 is 0 Å². The average molecular weight is 245 g/mol.